The van der Waals surface area contributed by atoms with Gasteiger partial charge in [0.05, 0.1) is 0 Å². The Morgan fingerprint density at radius 3 is 3.00 bits per heavy atom. The van der Waals surface area contributed by atoms with Crippen LogP contribution in [-0.2, 0) is 0 Å². The molecular formula is C11H19N. The smallest absolute Gasteiger partial charge is 0.00116 e. The summed E-state index contributed by atoms with van der Waals surface area (Å²) in [5.41, 5.74) is 1.64. The van der Waals surface area contributed by atoms with Gasteiger partial charge in [0.15, 0.2) is 0 Å². The van der Waals surface area contributed by atoms with E-state index < -0.39 is 0 Å². The third kappa shape index (κ3) is 3.72. The highest BCUT2D eigenvalue weighted by Crippen LogP contribution is 2.13. The fourth-order valence-electron chi connectivity index (χ4n) is 1.55. The summed E-state index contributed by atoms with van der Waals surface area (Å²) in [5, 5.41) is 3.41. The van der Waals surface area contributed by atoms with E-state index in [-0.39, 0.29) is 0 Å². The third-order valence-electron chi connectivity index (χ3n) is 2.28. The van der Waals surface area contributed by atoms with Crippen molar-refractivity contribution in [2.45, 2.75) is 32.1 Å². The third-order valence-corrected chi connectivity index (χ3v) is 2.28. The fraction of sp³-hybridized carbons (Fsp3) is 0.636. The van der Waals surface area contributed by atoms with E-state index in [1.54, 1.807) is 5.57 Å². The van der Waals surface area contributed by atoms with Crippen LogP contribution in [0.5, 0.6) is 0 Å². The molecule has 0 unspecified atom stereocenters. The van der Waals surface area contributed by atoms with Crippen LogP contribution in [0.4, 0.5) is 0 Å². The Morgan fingerprint density at radius 1 is 1.25 bits per heavy atom. The first-order chi connectivity index (χ1) is 5.93. The van der Waals surface area contributed by atoms with Crippen molar-refractivity contribution in [2.75, 3.05) is 13.1 Å². The Kier molecular flexibility index (Phi) is 4.77. The van der Waals surface area contributed by atoms with Gasteiger partial charge in [-0.25, -0.2) is 0 Å². The van der Waals surface area contributed by atoms with Crippen molar-refractivity contribution in [1.29, 1.82) is 0 Å². The Balaban J connectivity index is 2.26. The highest BCUT2D eigenvalue weighted by Gasteiger charge is 2.01. The van der Waals surface area contributed by atoms with E-state index >= 15 is 0 Å². The predicted octanol–water partition coefficient (Wildman–Crippen LogP) is 2.65. The van der Waals surface area contributed by atoms with Gasteiger partial charge in [0.25, 0.3) is 0 Å². The molecule has 0 radical (unpaired) electrons. The van der Waals surface area contributed by atoms with Gasteiger partial charge in [0.2, 0.25) is 0 Å². The normalized spacial score (nSPS) is 22.2. The molecule has 0 aromatic rings. The lowest BCUT2D eigenvalue weighted by Gasteiger charge is -2.00. The number of rotatable bonds is 3. The quantitative estimate of drug-likeness (QED) is 0.501. The minimum Gasteiger partial charge on any atom is -0.316 e. The van der Waals surface area contributed by atoms with E-state index in [1.807, 2.05) is 6.08 Å². The maximum atomic E-state index is 3.72. The second-order valence-electron chi connectivity index (χ2n) is 3.33. The van der Waals surface area contributed by atoms with Crippen LogP contribution in [0, 0.1) is 0 Å². The van der Waals surface area contributed by atoms with Crippen LogP contribution >= 0.6 is 0 Å². The molecule has 0 aliphatic carbocycles. The zero-order chi connectivity index (χ0) is 8.65. The molecular weight excluding hydrogens is 146 g/mol. The maximum Gasteiger partial charge on any atom is -0.00116 e. The molecule has 1 heteroatoms. The number of allylic oxidation sites excluding steroid dienone is 2. The van der Waals surface area contributed by atoms with Crippen LogP contribution in [0.1, 0.15) is 32.1 Å². The van der Waals surface area contributed by atoms with Crippen LogP contribution in [-0.4, -0.2) is 13.1 Å². The van der Waals surface area contributed by atoms with Gasteiger partial charge in [-0.3, -0.25) is 0 Å². The monoisotopic (exact) mass is 165 g/mol. The van der Waals surface area contributed by atoms with E-state index in [0.29, 0.717) is 0 Å². The number of unbranched alkanes of at least 4 members (excludes halogenated alkanes) is 1. The summed E-state index contributed by atoms with van der Waals surface area (Å²) in [4.78, 5) is 0. The first-order valence-corrected chi connectivity index (χ1v) is 4.93. The van der Waals surface area contributed by atoms with Crippen LogP contribution in [0.3, 0.4) is 0 Å². The SMILES string of the molecule is C=CCC/C=C1/CCCNCC1. The van der Waals surface area contributed by atoms with Gasteiger partial charge in [-0.2, -0.15) is 0 Å². The van der Waals surface area contributed by atoms with Gasteiger partial charge < -0.3 is 5.32 Å². The minimum atomic E-state index is 1.12. The molecule has 0 saturated carbocycles. The van der Waals surface area contributed by atoms with Gasteiger partial charge >= 0.3 is 0 Å². The van der Waals surface area contributed by atoms with E-state index in [9.17, 15) is 0 Å². The van der Waals surface area contributed by atoms with Gasteiger partial charge in [-0.1, -0.05) is 17.7 Å². The lowest BCUT2D eigenvalue weighted by molar-refractivity contribution is 0.703. The molecule has 0 spiro atoms. The molecule has 1 aliphatic heterocycles. The summed E-state index contributed by atoms with van der Waals surface area (Å²) in [6.07, 6.45) is 10.5. The average molecular weight is 165 g/mol. The zero-order valence-electron chi connectivity index (χ0n) is 7.81. The summed E-state index contributed by atoms with van der Waals surface area (Å²) < 4.78 is 0. The standard InChI is InChI=1S/C11H19N/c1-2-3-4-6-11-7-5-9-12-10-8-11/h2,6,12H,1,3-5,7-10H2/b11-6-. The highest BCUT2D eigenvalue weighted by atomic mass is 14.8. The molecule has 0 aromatic heterocycles. The van der Waals surface area contributed by atoms with Gasteiger partial charge in [-0.15, -0.1) is 6.58 Å². The maximum absolute atomic E-state index is 3.72. The number of hydrogen-bond donors (Lipinski definition) is 1. The fourth-order valence-corrected chi connectivity index (χ4v) is 1.55. The Bertz CT molecular complexity index is 148. The van der Waals surface area contributed by atoms with E-state index in [4.69, 9.17) is 0 Å². The van der Waals surface area contributed by atoms with E-state index in [0.717, 1.165) is 6.42 Å². The first kappa shape index (κ1) is 9.53. The zero-order valence-corrected chi connectivity index (χ0v) is 7.81. The lowest BCUT2D eigenvalue weighted by atomic mass is 10.1. The second-order valence-corrected chi connectivity index (χ2v) is 3.33. The molecule has 1 saturated heterocycles. The van der Waals surface area contributed by atoms with Crippen LogP contribution < -0.4 is 5.32 Å². The molecule has 1 N–H and O–H groups in total. The molecule has 1 aliphatic rings. The Morgan fingerprint density at radius 2 is 2.17 bits per heavy atom. The molecule has 68 valence electrons. The van der Waals surface area contributed by atoms with Crippen LogP contribution in [0.25, 0.3) is 0 Å². The van der Waals surface area contributed by atoms with Gasteiger partial charge in [0, 0.05) is 0 Å². The largest absolute Gasteiger partial charge is 0.316 e. The lowest BCUT2D eigenvalue weighted by Crippen LogP contribution is -2.13. The van der Waals surface area contributed by atoms with E-state index in [1.165, 1.54) is 38.8 Å². The molecule has 12 heavy (non-hydrogen) atoms. The molecule has 0 amide bonds. The van der Waals surface area contributed by atoms with Crippen molar-refractivity contribution in [3.8, 4) is 0 Å². The summed E-state index contributed by atoms with van der Waals surface area (Å²) in [6, 6.07) is 0. The molecule has 1 rings (SSSR count). The van der Waals surface area contributed by atoms with Gasteiger partial charge in [-0.05, 0) is 45.2 Å². The molecule has 1 fully saturated rings. The van der Waals surface area contributed by atoms with Crippen molar-refractivity contribution in [3.63, 3.8) is 0 Å². The predicted molar refractivity (Wildman–Crippen MR) is 54.2 cm³/mol. The summed E-state index contributed by atoms with van der Waals surface area (Å²) in [6.45, 7) is 6.08. The number of nitrogens with one attached hydrogen (secondary N) is 1. The Labute approximate surface area is 75.6 Å². The van der Waals surface area contributed by atoms with E-state index in [2.05, 4.69) is 18.0 Å². The molecule has 0 atom stereocenters. The number of hydrogen-bond acceptors (Lipinski definition) is 1. The molecule has 1 heterocycles. The Hall–Kier alpha value is -0.560. The average Bonchev–Trinajstić information content (AvgIpc) is 2.33. The molecule has 1 nitrogen and oxygen atoms in total. The summed E-state index contributed by atoms with van der Waals surface area (Å²) in [5.74, 6) is 0. The molecule has 0 bridgehead atoms. The summed E-state index contributed by atoms with van der Waals surface area (Å²) in [7, 11) is 0. The van der Waals surface area contributed by atoms with Crippen molar-refractivity contribution >= 4 is 0 Å². The van der Waals surface area contributed by atoms with Gasteiger partial charge in [0.1, 0.15) is 0 Å². The van der Waals surface area contributed by atoms with Crippen LogP contribution in [0.15, 0.2) is 24.3 Å². The second kappa shape index (κ2) is 6.01. The first-order valence-electron chi connectivity index (χ1n) is 4.93. The highest BCUT2D eigenvalue weighted by molar-refractivity contribution is 5.04. The van der Waals surface area contributed by atoms with Crippen molar-refractivity contribution < 1.29 is 0 Å². The van der Waals surface area contributed by atoms with Crippen LogP contribution in [0.2, 0.25) is 0 Å². The summed E-state index contributed by atoms with van der Waals surface area (Å²) >= 11 is 0. The van der Waals surface area contributed by atoms with Crippen molar-refractivity contribution in [3.05, 3.63) is 24.3 Å². The topological polar surface area (TPSA) is 12.0 Å². The minimum absolute atomic E-state index is 1.12. The van der Waals surface area contributed by atoms with Crippen molar-refractivity contribution in [1.82, 2.24) is 5.32 Å². The molecule has 0 aromatic carbocycles. The van der Waals surface area contributed by atoms with Crippen molar-refractivity contribution in [2.24, 2.45) is 0 Å².